The van der Waals surface area contributed by atoms with Gasteiger partial charge in [0, 0.05) is 61.3 Å². The Hall–Kier alpha value is -0.0700. The highest BCUT2D eigenvalue weighted by Gasteiger charge is 2.40. The normalized spacial score (nSPS) is 26.8. The van der Waals surface area contributed by atoms with E-state index in [2.05, 4.69) is 22.0 Å². The third-order valence-corrected chi connectivity index (χ3v) is 6.97. The van der Waals surface area contributed by atoms with Gasteiger partial charge in [-0.3, -0.25) is 4.90 Å². The molecule has 2 saturated heterocycles. The summed E-state index contributed by atoms with van der Waals surface area (Å²) in [5.41, 5.74) is 0.251. The smallest absolute Gasteiger partial charge is 0.317 e. The van der Waals surface area contributed by atoms with Crippen molar-refractivity contribution in [3.8, 4) is 0 Å². The van der Waals surface area contributed by atoms with Crippen LogP contribution in [0, 0.1) is 0 Å². The van der Waals surface area contributed by atoms with Crippen LogP contribution in [0.5, 0.6) is 0 Å². The van der Waals surface area contributed by atoms with Gasteiger partial charge in [-0.2, -0.15) is 23.5 Å². The average molecular weight is 330 g/mol. The number of carbonyl (C=O) groups excluding carboxylic acids is 1. The number of rotatable bonds is 3. The number of carbonyl (C=O) groups is 1. The minimum absolute atomic E-state index is 0.160. The maximum atomic E-state index is 12.4. The second-order valence-corrected chi connectivity index (χ2v) is 8.74. The van der Waals surface area contributed by atoms with E-state index in [9.17, 15) is 4.79 Å². The fourth-order valence-electron chi connectivity index (χ4n) is 3.79. The Morgan fingerprint density at radius 2 is 1.52 bits per heavy atom. The van der Waals surface area contributed by atoms with Gasteiger partial charge in [-0.15, -0.1) is 0 Å². The maximum absolute atomic E-state index is 12.4. The van der Waals surface area contributed by atoms with Crippen molar-refractivity contribution in [1.29, 1.82) is 0 Å². The fourth-order valence-corrected chi connectivity index (χ4v) is 5.60. The van der Waals surface area contributed by atoms with Crippen LogP contribution in [0.25, 0.3) is 0 Å². The molecule has 3 rings (SSSR count). The molecule has 6 heteroatoms. The van der Waals surface area contributed by atoms with Crippen LogP contribution in [0.2, 0.25) is 0 Å². The van der Waals surface area contributed by atoms with E-state index in [1.165, 1.54) is 50.3 Å². The van der Waals surface area contributed by atoms with E-state index in [4.69, 9.17) is 0 Å². The molecule has 3 aliphatic rings. The van der Waals surface area contributed by atoms with Gasteiger partial charge in [-0.05, 0) is 12.8 Å². The van der Waals surface area contributed by atoms with E-state index in [1.807, 2.05) is 16.7 Å². The second-order valence-electron chi connectivity index (χ2n) is 6.29. The summed E-state index contributed by atoms with van der Waals surface area (Å²) in [6.07, 6.45) is 5.15. The molecule has 4 nitrogen and oxygen atoms in total. The van der Waals surface area contributed by atoms with Crippen molar-refractivity contribution in [3.63, 3.8) is 0 Å². The number of amides is 2. The summed E-state index contributed by atoms with van der Waals surface area (Å²) in [5.74, 6) is 4.67. The van der Waals surface area contributed by atoms with Gasteiger partial charge in [0.1, 0.15) is 0 Å². The molecule has 21 heavy (non-hydrogen) atoms. The third kappa shape index (κ3) is 3.82. The predicted molar refractivity (Wildman–Crippen MR) is 92.4 cm³/mol. The lowest BCUT2D eigenvalue weighted by Crippen LogP contribution is -2.58. The highest BCUT2D eigenvalue weighted by molar-refractivity contribution is 7.99. The summed E-state index contributed by atoms with van der Waals surface area (Å²) in [4.78, 5) is 17.0. The Labute approximate surface area is 136 Å². The number of nitrogens with zero attached hydrogens (tertiary/aromatic N) is 2. The predicted octanol–water partition coefficient (Wildman–Crippen LogP) is 2.11. The molecular weight excluding hydrogens is 302 g/mol. The van der Waals surface area contributed by atoms with Gasteiger partial charge in [-0.25, -0.2) is 4.79 Å². The van der Waals surface area contributed by atoms with Crippen molar-refractivity contribution < 1.29 is 4.79 Å². The number of hydrogen-bond acceptors (Lipinski definition) is 4. The molecule has 2 amide bonds. The van der Waals surface area contributed by atoms with Crippen molar-refractivity contribution in [1.82, 2.24) is 15.1 Å². The monoisotopic (exact) mass is 329 g/mol. The average Bonchev–Trinajstić information content (AvgIpc) is 3.04. The first-order chi connectivity index (χ1) is 10.3. The zero-order valence-corrected chi connectivity index (χ0v) is 14.4. The first kappa shape index (κ1) is 15.8. The molecule has 0 radical (unpaired) electrons. The van der Waals surface area contributed by atoms with E-state index in [0.717, 1.165) is 31.1 Å². The summed E-state index contributed by atoms with van der Waals surface area (Å²) in [5, 5.41) is 3.26. The molecule has 0 aromatic heterocycles. The minimum Gasteiger partial charge on any atom is -0.336 e. The van der Waals surface area contributed by atoms with Crippen LogP contribution in [-0.4, -0.2) is 77.1 Å². The molecule has 3 fully saturated rings. The lowest BCUT2D eigenvalue weighted by Gasteiger charge is -2.44. The quantitative estimate of drug-likeness (QED) is 0.860. The van der Waals surface area contributed by atoms with Gasteiger partial charge in [-0.1, -0.05) is 12.8 Å². The van der Waals surface area contributed by atoms with Crippen molar-refractivity contribution in [2.45, 2.75) is 31.2 Å². The molecule has 1 saturated carbocycles. The van der Waals surface area contributed by atoms with Gasteiger partial charge in [0.2, 0.25) is 0 Å². The van der Waals surface area contributed by atoms with E-state index < -0.39 is 0 Å². The number of thioether (sulfide) groups is 2. The molecule has 0 aromatic rings. The Morgan fingerprint density at radius 3 is 2.14 bits per heavy atom. The lowest BCUT2D eigenvalue weighted by atomic mass is 9.94. The Bertz CT molecular complexity index is 349. The molecule has 0 spiro atoms. The van der Waals surface area contributed by atoms with Crippen LogP contribution >= 0.6 is 23.5 Å². The Morgan fingerprint density at radius 1 is 0.952 bits per heavy atom. The highest BCUT2D eigenvalue weighted by Crippen LogP contribution is 2.36. The SMILES string of the molecule is O=C(NCC1(N2CCSCC2)CCCC1)N1CCSCC1. The molecule has 0 atom stereocenters. The second kappa shape index (κ2) is 7.47. The van der Waals surface area contributed by atoms with Gasteiger partial charge >= 0.3 is 6.03 Å². The Kier molecular flexibility index (Phi) is 5.62. The number of urea groups is 1. The summed E-state index contributed by atoms with van der Waals surface area (Å²) in [6.45, 7) is 5.05. The van der Waals surface area contributed by atoms with Gasteiger partial charge in [0.05, 0.1) is 0 Å². The molecule has 120 valence electrons. The molecule has 2 aliphatic heterocycles. The first-order valence-electron chi connectivity index (χ1n) is 8.24. The van der Waals surface area contributed by atoms with Crippen LogP contribution in [0.4, 0.5) is 4.79 Å². The van der Waals surface area contributed by atoms with Gasteiger partial charge in [0.15, 0.2) is 0 Å². The van der Waals surface area contributed by atoms with Crippen molar-refractivity contribution in [2.75, 3.05) is 55.7 Å². The van der Waals surface area contributed by atoms with Crippen LogP contribution < -0.4 is 5.32 Å². The van der Waals surface area contributed by atoms with E-state index in [0.29, 0.717) is 0 Å². The van der Waals surface area contributed by atoms with Crippen LogP contribution in [-0.2, 0) is 0 Å². The molecule has 0 aromatic carbocycles. The van der Waals surface area contributed by atoms with Gasteiger partial charge in [0.25, 0.3) is 0 Å². The number of hydrogen-bond donors (Lipinski definition) is 1. The lowest BCUT2D eigenvalue weighted by molar-refractivity contribution is 0.102. The summed E-state index contributed by atoms with van der Waals surface area (Å²) in [6, 6.07) is 0.160. The fraction of sp³-hybridized carbons (Fsp3) is 0.933. The topological polar surface area (TPSA) is 35.6 Å². The zero-order chi connectivity index (χ0) is 14.5. The minimum atomic E-state index is 0.160. The van der Waals surface area contributed by atoms with Crippen molar-refractivity contribution >= 4 is 29.6 Å². The molecular formula is C15H27N3OS2. The van der Waals surface area contributed by atoms with E-state index >= 15 is 0 Å². The summed E-state index contributed by atoms with van der Waals surface area (Å²) in [7, 11) is 0. The molecule has 1 N–H and O–H groups in total. The molecule has 0 unspecified atom stereocenters. The van der Waals surface area contributed by atoms with Gasteiger partial charge < -0.3 is 10.2 Å². The number of nitrogens with one attached hydrogen (secondary N) is 1. The largest absolute Gasteiger partial charge is 0.336 e. The standard InChI is InChI=1S/C15H27N3OS2/c19-14(17-5-9-20-10-6-17)16-13-15(3-1-2-4-15)18-7-11-21-12-8-18/h1-13H2,(H,16,19). The van der Waals surface area contributed by atoms with E-state index in [-0.39, 0.29) is 11.6 Å². The van der Waals surface area contributed by atoms with Crippen LogP contribution in [0.15, 0.2) is 0 Å². The molecule has 2 heterocycles. The van der Waals surface area contributed by atoms with Crippen molar-refractivity contribution in [3.05, 3.63) is 0 Å². The summed E-state index contributed by atoms with van der Waals surface area (Å²) < 4.78 is 0. The maximum Gasteiger partial charge on any atom is 0.317 e. The summed E-state index contributed by atoms with van der Waals surface area (Å²) >= 11 is 4.01. The Balaban J connectivity index is 1.56. The molecule has 1 aliphatic carbocycles. The van der Waals surface area contributed by atoms with Crippen LogP contribution in [0.1, 0.15) is 25.7 Å². The third-order valence-electron chi connectivity index (χ3n) is 5.08. The van der Waals surface area contributed by atoms with Crippen molar-refractivity contribution in [2.24, 2.45) is 0 Å². The highest BCUT2D eigenvalue weighted by atomic mass is 32.2. The van der Waals surface area contributed by atoms with Crippen LogP contribution in [0.3, 0.4) is 0 Å². The first-order valence-corrected chi connectivity index (χ1v) is 10.5. The van der Waals surface area contributed by atoms with E-state index in [1.54, 1.807) is 0 Å². The molecule has 0 bridgehead atoms. The zero-order valence-electron chi connectivity index (χ0n) is 12.8.